The maximum absolute atomic E-state index is 12.7. The average molecular weight is 340 g/mol. The molecule has 0 bridgehead atoms. The molecule has 1 saturated carbocycles. The van der Waals surface area contributed by atoms with Crippen LogP contribution in [0.4, 0.5) is 8.78 Å². The van der Waals surface area contributed by atoms with Crippen molar-refractivity contribution in [1.29, 1.82) is 0 Å². The lowest BCUT2D eigenvalue weighted by Crippen LogP contribution is -2.53. The molecule has 6 nitrogen and oxygen atoms in total. The van der Waals surface area contributed by atoms with Crippen molar-refractivity contribution >= 4 is 15.9 Å². The van der Waals surface area contributed by atoms with E-state index in [-0.39, 0.29) is 51.3 Å². The number of carbonyl (C=O) groups excluding carboxylic acids is 1. The maximum atomic E-state index is 12.7. The molecule has 0 spiro atoms. The normalized spacial score (nSPS) is 31.2. The predicted molar refractivity (Wildman–Crippen MR) is 76.0 cm³/mol. The number of hydrogen-bond acceptors (Lipinski definition) is 4. The van der Waals surface area contributed by atoms with Crippen LogP contribution in [0.15, 0.2) is 0 Å². The molecule has 128 valence electrons. The monoisotopic (exact) mass is 340 g/mol. The molecule has 1 atom stereocenters. The molecule has 0 aromatic rings. The van der Waals surface area contributed by atoms with E-state index in [4.69, 9.17) is 4.74 Å². The van der Waals surface area contributed by atoms with Crippen LogP contribution in [0.25, 0.3) is 0 Å². The zero-order chi connectivity index (χ0) is 16.3. The Bertz CT molecular complexity index is 492. The van der Waals surface area contributed by atoms with E-state index in [1.54, 1.807) is 0 Å². The fourth-order valence-corrected chi connectivity index (χ4v) is 4.99. The fraction of sp³-hybridized carbons (Fsp3) is 0.923. The second-order valence-electron chi connectivity index (χ2n) is 5.75. The second kappa shape index (κ2) is 7.18. The van der Waals surface area contributed by atoms with Gasteiger partial charge in [0.1, 0.15) is 6.10 Å². The van der Waals surface area contributed by atoms with Crippen LogP contribution >= 0.6 is 0 Å². The summed E-state index contributed by atoms with van der Waals surface area (Å²) in [7, 11) is -2.12. The first kappa shape index (κ1) is 17.6. The molecule has 0 aromatic heterocycles. The summed E-state index contributed by atoms with van der Waals surface area (Å²) in [5.74, 6) is -1.06. The minimum atomic E-state index is -3.58. The van der Waals surface area contributed by atoms with Crippen molar-refractivity contribution < 1.29 is 26.7 Å². The summed E-state index contributed by atoms with van der Waals surface area (Å²) >= 11 is 0. The van der Waals surface area contributed by atoms with Gasteiger partial charge in [-0.25, -0.2) is 17.2 Å². The summed E-state index contributed by atoms with van der Waals surface area (Å²) in [5.41, 5.74) is 0. The average Bonchev–Trinajstić information content (AvgIpc) is 2.54. The molecule has 2 rings (SSSR count). The first-order valence-electron chi connectivity index (χ1n) is 7.46. The van der Waals surface area contributed by atoms with E-state index in [2.05, 4.69) is 5.32 Å². The first-order chi connectivity index (χ1) is 10.4. The number of carbonyl (C=O) groups is 1. The van der Waals surface area contributed by atoms with E-state index in [0.29, 0.717) is 0 Å². The van der Waals surface area contributed by atoms with Crippen LogP contribution in [0.5, 0.6) is 0 Å². The first-order valence-corrected chi connectivity index (χ1v) is 8.97. The van der Waals surface area contributed by atoms with E-state index in [1.807, 2.05) is 0 Å². The summed E-state index contributed by atoms with van der Waals surface area (Å²) in [5, 5.41) is 1.80. The number of amides is 1. The van der Waals surface area contributed by atoms with Crippen LogP contribution in [0.1, 0.15) is 25.7 Å². The number of nitrogens with zero attached hydrogens (tertiary/aromatic N) is 1. The molecule has 0 aromatic carbocycles. The molecule has 2 fully saturated rings. The lowest BCUT2D eigenvalue weighted by atomic mass is 9.89. The van der Waals surface area contributed by atoms with E-state index < -0.39 is 33.7 Å². The number of halogens is 2. The summed E-state index contributed by atoms with van der Waals surface area (Å²) in [6, 6.07) is 0. The molecule has 0 radical (unpaired) electrons. The number of hydrogen-bond donors (Lipinski definition) is 1. The van der Waals surface area contributed by atoms with Crippen LogP contribution in [-0.2, 0) is 19.6 Å². The van der Waals surface area contributed by atoms with Gasteiger partial charge in [-0.15, -0.1) is 0 Å². The topological polar surface area (TPSA) is 75.7 Å². The third-order valence-electron chi connectivity index (χ3n) is 4.42. The Morgan fingerprint density at radius 3 is 2.45 bits per heavy atom. The van der Waals surface area contributed by atoms with Gasteiger partial charge in [0.2, 0.25) is 22.4 Å². The molecule has 1 unspecified atom stereocenters. The second-order valence-corrected chi connectivity index (χ2v) is 7.96. The van der Waals surface area contributed by atoms with Crippen molar-refractivity contribution in [3.8, 4) is 0 Å². The Morgan fingerprint density at radius 1 is 1.27 bits per heavy atom. The molecule has 1 aliphatic carbocycles. The van der Waals surface area contributed by atoms with Gasteiger partial charge in [-0.05, 0) is 25.7 Å². The van der Waals surface area contributed by atoms with Crippen LogP contribution in [-0.4, -0.2) is 63.2 Å². The van der Waals surface area contributed by atoms with Gasteiger partial charge < -0.3 is 10.1 Å². The molecule has 9 heteroatoms. The molecule has 1 amide bonds. The van der Waals surface area contributed by atoms with Crippen molar-refractivity contribution in [3.63, 3.8) is 0 Å². The number of ether oxygens (including phenoxy) is 1. The van der Waals surface area contributed by atoms with E-state index >= 15 is 0 Å². The minimum Gasteiger partial charge on any atom is -0.366 e. The number of nitrogens with one attached hydrogen (secondary N) is 1. The number of alkyl halides is 2. The van der Waals surface area contributed by atoms with Crippen LogP contribution in [0.2, 0.25) is 0 Å². The highest BCUT2D eigenvalue weighted by atomic mass is 32.2. The number of likely N-dealkylation sites (N-methyl/N-ethyl adjacent to an activating group) is 1. The highest BCUT2D eigenvalue weighted by Gasteiger charge is 2.40. The van der Waals surface area contributed by atoms with E-state index in [0.717, 1.165) is 0 Å². The summed E-state index contributed by atoms with van der Waals surface area (Å²) in [4.78, 5) is 11.6. The maximum Gasteiger partial charge on any atom is 0.250 e. The van der Waals surface area contributed by atoms with Crippen LogP contribution in [0.3, 0.4) is 0 Å². The summed E-state index contributed by atoms with van der Waals surface area (Å²) in [6.07, 6.45) is -2.25. The van der Waals surface area contributed by atoms with Crippen LogP contribution in [0, 0.1) is 5.92 Å². The fourth-order valence-electron chi connectivity index (χ4n) is 3.03. The van der Waals surface area contributed by atoms with Crippen LogP contribution < -0.4 is 5.32 Å². The summed E-state index contributed by atoms with van der Waals surface area (Å²) < 4.78 is 57.1. The van der Waals surface area contributed by atoms with Gasteiger partial charge in [0, 0.05) is 26.1 Å². The Hall–Kier alpha value is -0.800. The SMILES string of the molecule is CNC(=O)C1CN(S(=O)(=O)C2CCC(C(F)F)CC2)CCO1. The Balaban J connectivity index is 2.00. The zero-order valence-electron chi connectivity index (χ0n) is 12.5. The lowest BCUT2D eigenvalue weighted by molar-refractivity contribution is -0.135. The zero-order valence-corrected chi connectivity index (χ0v) is 13.3. The van der Waals surface area contributed by atoms with E-state index in [9.17, 15) is 22.0 Å². The summed E-state index contributed by atoms with van der Waals surface area (Å²) in [6.45, 7) is 0.338. The van der Waals surface area contributed by atoms with Crippen molar-refractivity contribution in [1.82, 2.24) is 9.62 Å². The predicted octanol–water partition coefficient (Wildman–Crippen LogP) is 0.587. The third kappa shape index (κ3) is 3.75. The van der Waals surface area contributed by atoms with Gasteiger partial charge in [0.05, 0.1) is 11.9 Å². The molecule has 22 heavy (non-hydrogen) atoms. The van der Waals surface area contributed by atoms with Crippen molar-refractivity contribution in [2.24, 2.45) is 5.92 Å². The van der Waals surface area contributed by atoms with Crippen molar-refractivity contribution in [2.75, 3.05) is 26.7 Å². The van der Waals surface area contributed by atoms with Gasteiger partial charge in [0.15, 0.2) is 0 Å². The lowest BCUT2D eigenvalue weighted by Gasteiger charge is -2.36. The Morgan fingerprint density at radius 2 is 1.91 bits per heavy atom. The molecular weight excluding hydrogens is 318 g/mol. The Labute approximate surface area is 129 Å². The molecule has 1 saturated heterocycles. The van der Waals surface area contributed by atoms with Gasteiger partial charge in [-0.2, -0.15) is 4.31 Å². The smallest absolute Gasteiger partial charge is 0.250 e. The highest BCUT2D eigenvalue weighted by Crippen LogP contribution is 2.33. The number of rotatable bonds is 4. The van der Waals surface area contributed by atoms with E-state index in [1.165, 1.54) is 11.4 Å². The van der Waals surface area contributed by atoms with Gasteiger partial charge >= 0.3 is 0 Å². The Kier molecular flexibility index (Phi) is 5.73. The van der Waals surface area contributed by atoms with Crippen molar-refractivity contribution in [2.45, 2.75) is 43.5 Å². The largest absolute Gasteiger partial charge is 0.366 e. The standard InChI is InChI=1S/C13H22F2N2O4S/c1-16-13(18)11-8-17(6-7-21-11)22(19,20)10-4-2-9(3-5-10)12(14)15/h9-12H,2-8H2,1H3,(H,16,18). The number of morpholine rings is 1. The van der Waals surface area contributed by atoms with Gasteiger partial charge in [-0.3, -0.25) is 4.79 Å². The van der Waals surface area contributed by atoms with Gasteiger partial charge in [0.25, 0.3) is 0 Å². The molecular formula is C13H22F2N2O4S. The van der Waals surface area contributed by atoms with Gasteiger partial charge in [-0.1, -0.05) is 0 Å². The quantitative estimate of drug-likeness (QED) is 0.813. The third-order valence-corrected chi connectivity index (χ3v) is 6.79. The van der Waals surface area contributed by atoms with Crippen molar-refractivity contribution in [3.05, 3.63) is 0 Å². The molecule has 1 heterocycles. The minimum absolute atomic E-state index is 0.0171. The molecule has 1 aliphatic heterocycles. The molecule has 2 aliphatic rings. The highest BCUT2D eigenvalue weighted by molar-refractivity contribution is 7.89. The molecule has 1 N–H and O–H groups in total. The number of sulfonamides is 1.